The van der Waals surface area contributed by atoms with Crippen LogP contribution in [-0.2, 0) is 20.6 Å². The predicted octanol–water partition coefficient (Wildman–Crippen LogP) is 2.37. The van der Waals surface area contributed by atoms with E-state index in [9.17, 15) is 13.2 Å². The number of sulfonamides is 1. The van der Waals surface area contributed by atoms with Crippen LogP contribution in [0, 0.1) is 0 Å². The molecule has 0 spiro atoms. The zero-order chi connectivity index (χ0) is 18.8. The Kier molecular flexibility index (Phi) is 7.96. The fraction of sp³-hybridized carbons (Fsp3) is 0.278. The van der Waals surface area contributed by atoms with Crippen molar-refractivity contribution in [1.82, 2.24) is 10.1 Å². The summed E-state index contributed by atoms with van der Waals surface area (Å²) in [4.78, 5) is 12.4. The molecule has 1 amide bonds. The van der Waals surface area contributed by atoms with E-state index in [1.807, 2.05) is 30.5 Å². The molecule has 140 valence electrons. The van der Waals surface area contributed by atoms with E-state index >= 15 is 0 Å². The monoisotopic (exact) mass is 393 g/mol. The van der Waals surface area contributed by atoms with Crippen molar-refractivity contribution in [3.8, 4) is 0 Å². The van der Waals surface area contributed by atoms with Gasteiger partial charge in [-0.25, -0.2) is 13.1 Å². The minimum absolute atomic E-state index is 0.164. The molecule has 0 unspecified atom stereocenters. The molecular weight excluding hydrogens is 370 g/mol. The van der Waals surface area contributed by atoms with Crippen molar-refractivity contribution < 1.29 is 13.2 Å². The summed E-state index contributed by atoms with van der Waals surface area (Å²) in [5, 5.41) is 0. The van der Waals surface area contributed by atoms with Gasteiger partial charge in [-0.05, 0) is 36.1 Å². The largest absolute Gasteiger partial charge is 0.299 e. The SMILES string of the molecule is CSCC[C@@H](NS(=O)(=O)Cc1ccccc1)C(=O)NNc1ccccc1. The smallest absolute Gasteiger partial charge is 0.256 e. The normalized spacial score (nSPS) is 12.3. The molecule has 0 aliphatic rings. The fourth-order valence-corrected chi connectivity index (χ4v) is 4.12. The Morgan fingerprint density at radius 2 is 1.65 bits per heavy atom. The first-order valence-corrected chi connectivity index (χ1v) is 11.2. The Morgan fingerprint density at radius 1 is 1.04 bits per heavy atom. The number of carbonyl (C=O) groups is 1. The van der Waals surface area contributed by atoms with E-state index in [0.717, 1.165) is 5.69 Å². The van der Waals surface area contributed by atoms with Crippen molar-refractivity contribution >= 4 is 33.4 Å². The molecule has 26 heavy (non-hydrogen) atoms. The molecule has 8 heteroatoms. The van der Waals surface area contributed by atoms with Crippen LogP contribution in [0.15, 0.2) is 60.7 Å². The van der Waals surface area contributed by atoms with Crippen LogP contribution in [0.4, 0.5) is 5.69 Å². The molecule has 2 rings (SSSR count). The number of rotatable bonds is 10. The Labute approximate surface area is 158 Å². The molecule has 3 N–H and O–H groups in total. The minimum Gasteiger partial charge on any atom is -0.299 e. The maximum Gasteiger partial charge on any atom is 0.256 e. The van der Waals surface area contributed by atoms with Crippen LogP contribution in [0.2, 0.25) is 0 Å². The van der Waals surface area contributed by atoms with Gasteiger partial charge in [-0.15, -0.1) is 0 Å². The third-order valence-electron chi connectivity index (χ3n) is 3.55. The van der Waals surface area contributed by atoms with Crippen LogP contribution in [-0.4, -0.2) is 32.4 Å². The summed E-state index contributed by atoms with van der Waals surface area (Å²) in [5.41, 5.74) is 6.76. The molecular formula is C18H23N3O3S2. The maximum atomic E-state index is 12.4. The van der Waals surface area contributed by atoms with Gasteiger partial charge in [0.1, 0.15) is 6.04 Å². The van der Waals surface area contributed by atoms with E-state index in [1.165, 1.54) is 0 Å². The summed E-state index contributed by atoms with van der Waals surface area (Å²) in [6.45, 7) is 0. The topological polar surface area (TPSA) is 87.3 Å². The van der Waals surface area contributed by atoms with Crippen LogP contribution in [0.25, 0.3) is 0 Å². The number of amides is 1. The number of hydrazine groups is 1. The van der Waals surface area contributed by atoms with Gasteiger partial charge in [0.05, 0.1) is 11.4 Å². The lowest BCUT2D eigenvalue weighted by atomic mass is 10.2. The van der Waals surface area contributed by atoms with Gasteiger partial charge in [-0.2, -0.15) is 11.8 Å². The van der Waals surface area contributed by atoms with Crippen molar-refractivity contribution in [2.24, 2.45) is 0 Å². The second kappa shape index (κ2) is 10.2. The molecule has 1 atom stereocenters. The first kappa shape index (κ1) is 20.3. The van der Waals surface area contributed by atoms with Crippen molar-refractivity contribution in [2.45, 2.75) is 18.2 Å². The number of thioether (sulfide) groups is 1. The zero-order valence-electron chi connectivity index (χ0n) is 14.5. The van der Waals surface area contributed by atoms with Gasteiger partial charge in [0.15, 0.2) is 0 Å². The molecule has 0 heterocycles. The van der Waals surface area contributed by atoms with Gasteiger partial charge in [-0.3, -0.25) is 15.6 Å². The maximum absolute atomic E-state index is 12.4. The van der Waals surface area contributed by atoms with Gasteiger partial charge in [0.2, 0.25) is 10.0 Å². The number of carbonyl (C=O) groups excluding carboxylic acids is 1. The number of hydrogen-bond acceptors (Lipinski definition) is 5. The summed E-state index contributed by atoms with van der Waals surface area (Å²) in [6, 6.07) is 17.2. The Balaban J connectivity index is 1.99. The average molecular weight is 394 g/mol. The van der Waals surface area contributed by atoms with E-state index in [4.69, 9.17) is 0 Å². The summed E-state index contributed by atoms with van der Waals surface area (Å²) >= 11 is 1.56. The molecule has 0 saturated heterocycles. The third kappa shape index (κ3) is 7.07. The average Bonchev–Trinajstić information content (AvgIpc) is 2.64. The molecule has 6 nitrogen and oxygen atoms in total. The highest BCUT2D eigenvalue weighted by Gasteiger charge is 2.24. The van der Waals surface area contributed by atoms with E-state index in [2.05, 4.69) is 15.6 Å². The lowest BCUT2D eigenvalue weighted by Crippen LogP contribution is -2.48. The lowest BCUT2D eigenvalue weighted by Gasteiger charge is -2.19. The fourth-order valence-electron chi connectivity index (χ4n) is 2.27. The second-order valence-electron chi connectivity index (χ2n) is 5.68. The quantitative estimate of drug-likeness (QED) is 0.540. The molecule has 0 aliphatic heterocycles. The molecule has 0 saturated carbocycles. The molecule has 0 aliphatic carbocycles. The highest BCUT2D eigenvalue weighted by Crippen LogP contribution is 2.08. The molecule has 2 aromatic carbocycles. The first-order valence-electron chi connectivity index (χ1n) is 8.14. The van der Waals surface area contributed by atoms with Crippen molar-refractivity contribution in [3.05, 3.63) is 66.2 Å². The Hall–Kier alpha value is -2.03. The van der Waals surface area contributed by atoms with E-state index in [1.54, 1.807) is 48.2 Å². The zero-order valence-corrected chi connectivity index (χ0v) is 16.1. The van der Waals surface area contributed by atoms with Crippen LogP contribution >= 0.6 is 11.8 Å². The predicted molar refractivity (Wildman–Crippen MR) is 107 cm³/mol. The van der Waals surface area contributed by atoms with Crippen molar-refractivity contribution in [1.29, 1.82) is 0 Å². The van der Waals surface area contributed by atoms with E-state index in [0.29, 0.717) is 17.7 Å². The van der Waals surface area contributed by atoms with Crippen LogP contribution in [0.1, 0.15) is 12.0 Å². The van der Waals surface area contributed by atoms with Gasteiger partial charge < -0.3 is 0 Å². The number of hydrogen-bond donors (Lipinski definition) is 3. The lowest BCUT2D eigenvalue weighted by molar-refractivity contribution is -0.122. The highest BCUT2D eigenvalue weighted by molar-refractivity contribution is 7.98. The van der Waals surface area contributed by atoms with Crippen molar-refractivity contribution in [2.75, 3.05) is 17.4 Å². The Bertz CT molecular complexity index is 784. The second-order valence-corrected chi connectivity index (χ2v) is 8.42. The van der Waals surface area contributed by atoms with Crippen LogP contribution in [0.5, 0.6) is 0 Å². The number of anilines is 1. The third-order valence-corrected chi connectivity index (χ3v) is 5.55. The molecule has 0 radical (unpaired) electrons. The standard InChI is InChI=1S/C18H23N3O3S2/c1-25-13-12-17(18(22)20-19-16-10-6-3-7-11-16)21-26(23,24)14-15-8-4-2-5-9-15/h2-11,17,19,21H,12-14H2,1H3,(H,20,22)/t17-/m1/s1. The van der Waals surface area contributed by atoms with Gasteiger partial charge in [0.25, 0.3) is 5.91 Å². The summed E-state index contributed by atoms with van der Waals surface area (Å²) in [6.07, 6.45) is 2.31. The molecule has 0 fully saturated rings. The van der Waals surface area contributed by atoms with Gasteiger partial charge in [0, 0.05) is 0 Å². The summed E-state index contributed by atoms with van der Waals surface area (Å²) in [7, 11) is -3.64. The van der Waals surface area contributed by atoms with E-state index < -0.39 is 22.0 Å². The Morgan fingerprint density at radius 3 is 2.27 bits per heavy atom. The molecule has 2 aromatic rings. The first-order chi connectivity index (χ1) is 12.5. The summed E-state index contributed by atoms with van der Waals surface area (Å²) < 4.78 is 27.4. The van der Waals surface area contributed by atoms with Crippen LogP contribution in [0.3, 0.4) is 0 Å². The molecule has 0 aromatic heterocycles. The molecule has 0 bridgehead atoms. The van der Waals surface area contributed by atoms with E-state index in [-0.39, 0.29) is 5.75 Å². The number of nitrogens with one attached hydrogen (secondary N) is 3. The highest BCUT2D eigenvalue weighted by atomic mass is 32.2. The number of benzene rings is 2. The van der Waals surface area contributed by atoms with Gasteiger partial charge >= 0.3 is 0 Å². The summed E-state index contributed by atoms with van der Waals surface area (Å²) in [5.74, 6) is 0.0832. The van der Waals surface area contributed by atoms with Gasteiger partial charge in [-0.1, -0.05) is 48.5 Å². The minimum atomic E-state index is -3.64. The van der Waals surface area contributed by atoms with Crippen LogP contribution < -0.4 is 15.6 Å². The van der Waals surface area contributed by atoms with Crippen molar-refractivity contribution in [3.63, 3.8) is 0 Å². The number of para-hydroxylation sites is 1.